The number of ether oxygens (including phenoxy) is 2. The zero-order valence-corrected chi connectivity index (χ0v) is 13.3. The van der Waals surface area contributed by atoms with E-state index in [4.69, 9.17) is 21.1 Å². The number of hydrogen-bond donors (Lipinski definition) is 0. The van der Waals surface area contributed by atoms with E-state index in [1.807, 2.05) is 0 Å². The highest BCUT2D eigenvalue weighted by atomic mass is 35.5. The van der Waals surface area contributed by atoms with Gasteiger partial charge in [-0.2, -0.15) is 0 Å². The van der Waals surface area contributed by atoms with Crippen LogP contribution in [0, 0.1) is 10.1 Å². The van der Waals surface area contributed by atoms with Crippen LogP contribution in [0.15, 0.2) is 18.2 Å². The summed E-state index contributed by atoms with van der Waals surface area (Å²) in [7, 11) is 3.10. The maximum Gasteiger partial charge on any atom is 0.282 e. The Morgan fingerprint density at radius 1 is 1.27 bits per heavy atom. The molecule has 0 saturated carbocycles. The van der Waals surface area contributed by atoms with Gasteiger partial charge >= 0.3 is 0 Å². The third-order valence-electron chi connectivity index (χ3n) is 3.01. The second kappa shape index (κ2) is 9.34. The Morgan fingerprint density at radius 2 is 1.95 bits per heavy atom. The van der Waals surface area contributed by atoms with Gasteiger partial charge in [0, 0.05) is 45.0 Å². The Morgan fingerprint density at radius 3 is 2.55 bits per heavy atom. The predicted octanol–water partition coefficient (Wildman–Crippen LogP) is 2.37. The third-order valence-corrected chi connectivity index (χ3v) is 3.25. The van der Waals surface area contributed by atoms with Crippen molar-refractivity contribution in [1.82, 2.24) is 4.90 Å². The van der Waals surface area contributed by atoms with Gasteiger partial charge in [0.25, 0.3) is 11.6 Å². The maximum atomic E-state index is 12.6. The topological polar surface area (TPSA) is 81.9 Å². The fraction of sp³-hybridized carbons (Fsp3) is 0.500. The molecule has 1 aromatic carbocycles. The van der Waals surface area contributed by atoms with Crippen LogP contribution in [0.5, 0.6) is 0 Å². The summed E-state index contributed by atoms with van der Waals surface area (Å²) in [5, 5.41) is 11.4. The van der Waals surface area contributed by atoms with E-state index in [-0.39, 0.29) is 16.3 Å². The Balaban J connectivity index is 3.01. The van der Waals surface area contributed by atoms with E-state index >= 15 is 0 Å². The van der Waals surface area contributed by atoms with Crippen molar-refractivity contribution in [2.75, 3.05) is 40.5 Å². The molecule has 0 saturated heterocycles. The fourth-order valence-corrected chi connectivity index (χ4v) is 2.10. The van der Waals surface area contributed by atoms with Crippen LogP contribution in [0.25, 0.3) is 0 Å². The molecule has 0 unspecified atom stereocenters. The lowest BCUT2D eigenvalue weighted by atomic mass is 10.1. The maximum absolute atomic E-state index is 12.6. The molecule has 122 valence electrons. The highest BCUT2D eigenvalue weighted by molar-refractivity contribution is 6.31. The smallest absolute Gasteiger partial charge is 0.282 e. The average Bonchev–Trinajstić information content (AvgIpc) is 2.49. The molecular weight excluding hydrogens is 312 g/mol. The number of amides is 1. The molecule has 0 aliphatic carbocycles. The van der Waals surface area contributed by atoms with Gasteiger partial charge in [-0.3, -0.25) is 14.9 Å². The molecule has 0 atom stereocenters. The second-order valence-corrected chi connectivity index (χ2v) is 4.99. The lowest BCUT2D eigenvalue weighted by Gasteiger charge is -2.22. The van der Waals surface area contributed by atoms with E-state index in [9.17, 15) is 14.9 Å². The minimum atomic E-state index is -0.590. The molecule has 0 aliphatic heterocycles. The zero-order valence-electron chi connectivity index (χ0n) is 12.6. The molecule has 1 aromatic rings. The summed E-state index contributed by atoms with van der Waals surface area (Å²) >= 11 is 5.86. The number of hydrogen-bond acceptors (Lipinski definition) is 5. The highest BCUT2D eigenvalue weighted by Crippen LogP contribution is 2.24. The lowest BCUT2D eigenvalue weighted by Crippen LogP contribution is -2.35. The number of rotatable bonds is 9. The van der Waals surface area contributed by atoms with E-state index in [1.54, 1.807) is 7.11 Å². The van der Waals surface area contributed by atoms with Crippen molar-refractivity contribution in [3.8, 4) is 0 Å². The zero-order chi connectivity index (χ0) is 16.5. The number of halogens is 1. The normalized spacial score (nSPS) is 10.5. The lowest BCUT2D eigenvalue weighted by molar-refractivity contribution is -0.385. The summed E-state index contributed by atoms with van der Waals surface area (Å²) in [4.78, 5) is 24.6. The van der Waals surface area contributed by atoms with Crippen LogP contribution in [0.2, 0.25) is 5.02 Å². The molecule has 1 amide bonds. The monoisotopic (exact) mass is 330 g/mol. The number of carbonyl (C=O) groups excluding carboxylic acids is 1. The van der Waals surface area contributed by atoms with E-state index in [0.29, 0.717) is 32.7 Å². The first-order valence-electron chi connectivity index (χ1n) is 6.72. The van der Waals surface area contributed by atoms with Crippen LogP contribution in [0.1, 0.15) is 16.8 Å². The number of methoxy groups -OCH3 is 2. The molecule has 8 heteroatoms. The molecule has 0 aromatic heterocycles. The van der Waals surface area contributed by atoms with Crippen LogP contribution in [0.4, 0.5) is 5.69 Å². The van der Waals surface area contributed by atoms with Crippen molar-refractivity contribution in [2.45, 2.75) is 6.42 Å². The van der Waals surface area contributed by atoms with Crippen molar-refractivity contribution in [1.29, 1.82) is 0 Å². The van der Waals surface area contributed by atoms with Crippen molar-refractivity contribution in [3.05, 3.63) is 38.9 Å². The first-order valence-corrected chi connectivity index (χ1v) is 7.10. The van der Waals surface area contributed by atoms with Gasteiger partial charge in [0.05, 0.1) is 11.5 Å². The van der Waals surface area contributed by atoms with E-state index in [0.717, 1.165) is 0 Å². The largest absolute Gasteiger partial charge is 0.385 e. The summed E-state index contributed by atoms with van der Waals surface area (Å²) in [6.45, 7) is 1.59. The van der Waals surface area contributed by atoms with Crippen molar-refractivity contribution in [2.24, 2.45) is 0 Å². The van der Waals surface area contributed by atoms with Gasteiger partial charge < -0.3 is 14.4 Å². The molecule has 7 nitrogen and oxygen atoms in total. The molecule has 0 bridgehead atoms. The van der Waals surface area contributed by atoms with E-state index < -0.39 is 10.8 Å². The number of benzene rings is 1. The number of carbonyl (C=O) groups is 1. The molecule has 0 fully saturated rings. The Kier molecular flexibility index (Phi) is 7.79. The Labute approximate surface area is 133 Å². The minimum Gasteiger partial charge on any atom is -0.385 e. The van der Waals surface area contributed by atoms with E-state index in [1.165, 1.54) is 30.2 Å². The van der Waals surface area contributed by atoms with Crippen LogP contribution in [-0.2, 0) is 9.47 Å². The molecule has 0 radical (unpaired) electrons. The minimum absolute atomic E-state index is 0.0222. The molecule has 0 aliphatic rings. The first kappa shape index (κ1) is 18.3. The van der Waals surface area contributed by atoms with Gasteiger partial charge in [0.1, 0.15) is 5.56 Å². The molecular formula is C14H19ClN2O5. The van der Waals surface area contributed by atoms with Crippen LogP contribution in [-0.4, -0.2) is 56.3 Å². The van der Waals surface area contributed by atoms with Crippen LogP contribution < -0.4 is 0 Å². The van der Waals surface area contributed by atoms with Crippen molar-refractivity contribution >= 4 is 23.2 Å². The number of nitro groups is 1. The highest BCUT2D eigenvalue weighted by Gasteiger charge is 2.24. The second-order valence-electron chi connectivity index (χ2n) is 4.55. The Hall–Kier alpha value is -1.70. The molecule has 0 spiro atoms. The Bertz CT molecular complexity index is 524. The van der Waals surface area contributed by atoms with Gasteiger partial charge in [-0.05, 0) is 18.6 Å². The summed E-state index contributed by atoms with van der Waals surface area (Å²) in [5.41, 5.74) is -0.283. The SMILES string of the molecule is COCCCN(CCOC)C(=O)c1cc(Cl)ccc1[N+](=O)[O-]. The first-order chi connectivity index (χ1) is 10.5. The summed E-state index contributed by atoms with van der Waals surface area (Å²) < 4.78 is 9.95. The molecule has 22 heavy (non-hydrogen) atoms. The standard InChI is InChI=1S/C14H19ClN2O5/c1-21-8-3-6-16(7-9-22-2)14(18)12-10-11(15)4-5-13(12)17(19)20/h4-5,10H,3,6-9H2,1-2H3. The summed E-state index contributed by atoms with van der Waals surface area (Å²) in [5.74, 6) is -0.442. The number of nitrogens with zero attached hydrogens (tertiary/aromatic N) is 2. The van der Waals surface area contributed by atoms with Gasteiger partial charge in [0.15, 0.2) is 0 Å². The van der Waals surface area contributed by atoms with Crippen LogP contribution >= 0.6 is 11.6 Å². The molecule has 0 heterocycles. The predicted molar refractivity (Wildman–Crippen MR) is 82.4 cm³/mol. The van der Waals surface area contributed by atoms with Gasteiger partial charge in [-0.25, -0.2) is 0 Å². The number of nitro benzene ring substituents is 1. The summed E-state index contributed by atoms with van der Waals surface area (Å²) in [6.07, 6.45) is 0.625. The summed E-state index contributed by atoms with van der Waals surface area (Å²) in [6, 6.07) is 3.94. The molecule has 0 N–H and O–H groups in total. The van der Waals surface area contributed by atoms with Crippen molar-refractivity contribution in [3.63, 3.8) is 0 Å². The van der Waals surface area contributed by atoms with Gasteiger partial charge in [-0.1, -0.05) is 11.6 Å². The van der Waals surface area contributed by atoms with Gasteiger partial charge in [0.2, 0.25) is 0 Å². The van der Waals surface area contributed by atoms with Crippen LogP contribution in [0.3, 0.4) is 0 Å². The quantitative estimate of drug-likeness (QED) is 0.394. The molecule has 1 rings (SSSR count). The third kappa shape index (κ3) is 5.25. The van der Waals surface area contributed by atoms with Crippen molar-refractivity contribution < 1.29 is 19.2 Å². The average molecular weight is 331 g/mol. The fourth-order valence-electron chi connectivity index (χ4n) is 1.93. The van der Waals surface area contributed by atoms with E-state index in [2.05, 4.69) is 0 Å². The van der Waals surface area contributed by atoms with Gasteiger partial charge in [-0.15, -0.1) is 0 Å².